The van der Waals surface area contributed by atoms with Crippen molar-refractivity contribution in [2.24, 2.45) is 5.73 Å². The predicted octanol–water partition coefficient (Wildman–Crippen LogP) is 2.39. The highest BCUT2D eigenvalue weighted by Crippen LogP contribution is 2.28. The first-order valence-electron chi connectivity index (χ1n) is 5.57. The number of H-pyrrole nitrogens is 1. The van der Waals surface area contributed by atoms with Crippen molar-refractivity contribution >= 4 is 43.2 Å². The van der Waals surface area contributed by atoms with Crippen LogP contribution in [0.4, 0.5) is 5.69 Å². The molecule has 108 valence electrons. The lowest BCUT2D eigenvalue weighted by molar-refractivity contribution is 0.596. The van der Waals surface area contributed by atoms with Crippen LogP contribution in [0.15, 0.2) is 27.7 Å². The Kier molecular flexibility index (Phi) is 4.38. The highest BCUT2D eigenvalue weighted by Gasteiger charge is 2.23. The Morgan fingerprint density at radius 2 is 2.20 bits per heavy atom. The lowest BCUT2D eigenvalue weighted by Gasteiger charge is -2.09. The fraction of sp³-hybridized carbons (Fsp3) is 0.182. The molecule has 0 fully saturated rings. The predicted molar refractivity (Wildman–Crippen MR) is 81.2 cm³/mol. The average molecular weight is 380 g/mol. The molecule has 0 saturated heterocycles. The molecule has 0 aliphatic rings. The average Bonchev–Trinajstić information content (AvgIpc) is 2.74. The number of nitrogens with two attached hydrogens (primary N) is 1. The molecule has 0 radical (unpaired) electrons. The Morgan fingerprint density at radius 1 is 1.50 bits per heavy atom. The Labute approximate surface area is 129 Å². The van der Waals surface area contributed by atoms with Crippen LogP contribution in [0.3, 0.4) is 0 Å². The smallest absolute Gasteiger partial charge is 0.281 e. The molecule has 0 bridgehead atoms. The molecule has 0 aliphatic heterocycles. The van der Waals surface area contributed by atoms with Crippen LogP contribution in [-0.4, -0.2) is 18.6 Å². The second kappa shape index (κ2) is 5.72. The number of aryl methyl sites for hydroxylation is 1. The van der Waals surface area contributed by atoms with E-state index in [1.54, 1.807) is 25.1 Å². The molecular formula is C11H12BrClN4O2S. The normalized spacial score (nSPS) is 11.6. The fourth-order valence-electron chi connectivity index (χ4n) is 1.66. The molecule has 0 unspecified atom stereocenters. The Bertz CT molecular complexity index is 745. The molecule has 0 spiro atoms. The van der Waals surface area contributed by atoms with Crippen LogP contribution in [-0.2, 0) is 16.6 Å². The monoisotopic (exact) mass is 378 g/mol. The lowest BCUT2D eigenvalue weighted by Crippen LogP contribution is -2.16. The number of anilines is 1. The number of nitrogens with one attached hydrogen (secondary N) is 2. The zero-order chi connectivity index (χ0) is 14.9. The van der Waals surface area contributed by atoms with Gasteiger partial charge in [0, 0.05) is 22.3 Å². The minimum absolute atomic E-state index is 0.0760. The van der Waals surface area contributed by atoms with Gasteiger partial charge in [-0.1, -0.05) is 27.5 Å². The largest absolute Gasteiger partial charge is 0.326 e. The van der Waals surface area contributed by atoms with Crippen LogP contribution in [0.1, 0.15) is 11.3 Å². The molecule has 2 aromatic rings. The van der Waals surface area contributed by atoms with E-state index >= 15 is 0 Å². The number of halogens is 2. The summed E-state index contributed by atoms with van der Waals surface area (Å²) in [5, 5.41) is 6.58. The Hall–Kier alpha value is -1.09. The first-order chi connectivity index (χ1) is 9.35. The number of benzene rings is 1. The van der Waals surface area contributed by atoms with Gasteiger partial charge in [0.25, 0.3) is 10.0 Å². The van der Waals surface area contributed by atoms with E-state index in [0.29, 0.717) is 11.3 Å². The first-order valence-corrected chi connectivity index (χ1v) is 8.22. The van der Waals surface area contributed by atoms with Crippen LogP contribution in [0.2, 0.25) is 5.02 Å². The molecule has 2 rings (SSSR count). The molecule has 20 heavy (non-hydrogen) atoms. The molecule has 0 atom stereocenters. The van der Waals surface area contributed by atoms with Gasteiger partial charge >= 0.3 is 0 Å². The summed E-state index contributed by atoms with van der Waals surface area (Å²) in [6.07, 6.45) is 0. The highest BCUT2D eigenvalue weighted by molar-refractivity contribution is 9.10. The molecule has 4 N–H and O–H groups in total. The van der Waals surface area contributed by atoms with E-state index in [0.717, 1.165) is 4.47 Å². The molecular weight excluding hydrogens is 368 g/mol. The first kappa shape index (κ1) is 15.3. The van der Waals surface area contributed by atoms with Crippen LogP contribution >= 0.6 is 27.5 Å². The van der Waals surface area contributed by atoms with E-state index in [1.807, 2.05) is 0 Å². The number of sulfonamides is 1. The minimum atomic E-state index is -3.84. The van der Waals surface area contributed by atoms with E-state index in [2.05, 4.69) is 30.8 Å². The van der Waals surface area contributed by atoms with E-state index in [9.17, 15) is 8.42 Å². The summed E-state index contributed by atoms with van der Waals surface area (Å²) in [6.45, 7) is 1.79. The van der Waals surface area contributed by atoms with Gasteiger partial charge in [0.2, 0.25) is 5.03 Å². The van der Waals surface area contributed by atoms with Crippen molar-refractivity contribution in [1.29, 1.82) is 0 Å². The van der Waals surface area contributed by atoms with Crippen molar-refractivity contribution in [3.05, 3.63) is 39.0 Å². The summed E-state index contributed by atoms with van der Waals surface area (Å²) in [4.78, 5) is 0. The third-order valence-corrected chi connectivity index (χ3v) is 4.81. The number of aromatic nitrogens is 2. The molecule has 1 aromatic carbocycles. The van der Waals surface area contributed by atoms with Crippen molar-refractivity contribution in [1.82, 2.24) is 10.2 Å². The summed E-state index contributed by atoms with van der Waals surface area (Å²) < 4.78 is 27.8. The highest BCUT2D eigenvalue weighted by atomic mass is 79.9. The maximum absolute atomic E-state index is 12.3. The maximum Gasteiger partial charge on any atom is 0.281 e. The number of hydrogen-bond donors (Lipinski definition) is 3. The summed E-state index contributed by atoms with van der Waals surface area (Å²) in [7, 11) is -3.84. The summed E-state index contributed by atoms with van der Waals surface area (Å²) in [6, 6.07) is 4.84. The third-order valence-electron chi connectivity index (χ3n) is 2.67. The maximum atomic E-state index is 12.3. The zero-order valence-corrected chi connectivity index (χ0v) is 13.6. The topological polar surface area (TPSA) is 101 Å². The van der Waals surface area contributed by atoms with Crippen molar-refractivity contribution in [3.8, 4) is 0 Å². The van der Waals surface area contributed by atoms with Crippen molar-refractivity contribution in [2.45, 2.75) is 18.5 Å². The van der Waals surface area contributed by atoms with Crippen molar-refractivity contribution in [3.63, 3.8) is 0 Å². The summed E-state index contributed by atoms with van der Waals surface area (Å²) in [5.41, 5.74) is 6.90. The summed E-state index contributed by atoms with van der Waals surface area (Å²) >= 11 is 9.24. The Morgan fingerprint density at radius 3 is 2.80 bits per heavy atom. The van der Waals surface area contributed by atoms with Gasteiger partial charge in [-0.05, 0) is 25.1 Å². The van der Waals surface area contributed by atoms with Gasteiger partial charge in [0.05, 0.1) is 10.7 Å². The molecule has 1 heterocycles. The molecule has 0 amide bonds. The second-order valence-corrected chi connectivity index (χ2v) is 6.99. The zero-order valence-electron chi connectivity index (χ0n) is 10.4. The van der Waals surface area contributed by atoms with Crippen LogP contribution in [0.5, 0.6) is 0 Å². The van der Waals surface area contributed by atoms with E-state index in [1.165, 1.54) is 0 Å². The van der Waals surface area contributed by atoms with Gasteiger partial charge in [-0.3, -0.25) is 9.82 Å². The lowest BCUT2D eigenvalue weighted by atomic mass is 10.3. The number of nitrogens with zero attached hydrogens (tertiary/aromatic N) is 1. The van der Waals surface area contributed by atoms with Crippen LogP contribution < -0.4 is 10.5 Å². The Balaban J connectivity index is 2.41. The molecule has 1 aromatic heterocycles. The number of rotatable bonds is 4. The van der Waals surface area contributed by atoms with E-state index < -0.39 is 10.0 Å². The number of aromatic amines is 1. The van der Waals surface area contributed by atoms with Gasteiger partial charge < -0.3 is 5.73 Å². The SMILES string of the molecule is Cc1[nH]nc(S(=O)(=O)Nc2ccc(Br)cc2Cl)c1CN. The van der Waals surface area contributed by atoms with E-state index in [4.69, 9.17) is 17.3 Å². The number of hydrogen-bond acceptors (Lipinski definition) is 4. The second-order valence-electron chi connectivity index (χ2n) is 4.07. The van der Waals surface area contributed by atoms with Crippen LogP contribution in [0, 0.1) is 6.92 Å². The van der Waals surface area contributed by atoms with Gasteiger partial charge in [-0.25, -0.2) is 0 Å². The van der Waals surface area contributed by atoms with Gasteiger partial charge in [-0.15, -0.1) is 0 Å². The van der Waals surface area contributed by atoms with Crippen LogP contribution in [0.25, 0.3) is 0 Å². The minimum Gasteiger partial charge on any atom is -0.326 e. The molecule has 0 saturated carbocycles. The van der Waals surface area contributed by atoms with Gasteiger partial charge in [-0.2, -0.15) is 13.5 Å². The fourth-order valence-corrected chi connectivity index (χ4v) is 3.73. The molecule has 0 aliphatic carbocycles. The third kappa shape index (κ3) is 2.98. The summed E-state index contributed by atoms with van der Waals surface area (Å²) in [5.74, 6) is 0. The quantitative estimate of drug-likeness (QED) is 0.759. The van der Waals surface area contributed by atoms with Gasteiger partial charge in [0.1, 0.15) is 0 Å². The van der Waals surface area contributed by atoms with Gasteiger partial charge in [0.15, 0.2) is 0 Å². The molecule has 9 heteroatoms. The van der Waals surface area contributed by atoms with Crippen molar-refractivity contribution < 1.29 is 8.42 Å². The molecule has 6 nitrogen and oxygen atoms in total. The van der Waals surface area contributed by atoms with Crippen molar-refractivity contribution in [2.75, 3.05) is 4.72 Å². The standard InChI is InChI=1S/C11H12BrClN4O2S/c1-6-8(5-14)11(16-15-6)20(18,19)17-10-3-2-7(12)4-9(10)13/h2-4,17H,5,14H2,1H3,(H,15,16). The van der Waals surface area contributed by atoms with E-state index in [-0.39, 0.29) is 22.3 Å².